The Kier molecular flexibility index (Phi) is 4.68. The number of thiophene rings is 2. The van der Waals surface area contributed by atoms with E-state index >= 15 is 0 Å². The smallest absolute Gasteiger partial charge is 0.340 e. The largest absolute Gasteiger partial charge is 0.433 e. The summed E-state index contributed by atoms with van der Waals surface area (Å²) in [6.07, 6.45) is -3.58. The Morgan fingerprint density at radius 2 is 2.00 bits per heavy atom. The lowest BCUT2D eigenvalue weighted by atomic mass is 10.1. The molecule has 1 amide bonds. The lowest BCUT2D eigenvalue weighted by Crippen LogP contribution is -2.28. The van der Waals surface area contributed by atoms with Crippen LogP contribution in [0.1, 0.15) is 32.5 Å². The van der Waals surface area contributed by atoms with E-state index in [1.807, 2.05) is 34.3 Å². The fraction of sp³-hybridized carbons (Fsp3) is 0.125. The molecule has 0 bridgehead atoms. The normalized spacial score (nSPS) is 12.8. The highest BCUT2D eigenvalue weighted by atomic mass is 32.1. The summed E-state index contributed by atoms with van der Waals surface area (Å²) in [7, 11) is 0. The minimum Gasteiger partial charge on any atom is -0.340 e. The summed E-state index contributed by atoms with van der Waals surface area (Å²) in [5, 5.41) is 8.59. The maximum Gasteiger partial charge on any atom is 0.433 e. The molecule has 0 saturated carbocycles. The second kappa shape index (κ2) is 6.74. The predicted molar refractivity (Wildman–Crippen MR) is 87.2 cm³/mol. The number of aromatic nitrogens is 1. The number of alkyl halides is 3. The van der Waals surface area contributed by atoms with Gasteiger partial charge < -0.3 is 5.32 Å². The summed E-state index contributed by atoms with van der Waals surface area (Å²) in [6.45, 7) is 0. The van der Waals surface area contributed by atoms with Crippen molar-refractivity contribution in [2.24, 2.45) is 0 Å². The van der Waals surface area contributed by atoms with Gasteiger partial charge in [-0.05, 0) is 46.0 Å². The van der Waals surface area contributed by atoms with Gasteiger partial charge in [0.1, 0.15) is 5.69 Å². The first-order valence-electron chi connectivity index (χ1n) is 6.85. The van der Waals surface area contributed by atoms with E-state index in [1.54, 1.807) is 0 Å². The number of nitrogens with one attached hydrogen (secondary N) is 1. The van der Waals surface area contributed by atoms with Crippen molar-refractivity contribution in [2.45, 2.75) is 12.2 Å². The van der Waals surface area contributed by atoms with Gasteiger partial charge in [0, 0.05) is 11.1 Å². The maximum atomic E-state index is 12.5. The van der Waals surface area contributed by atoms with Crippen molar-refractivity contribution in [2.75, 3.05) is 0 Å². The second-order valence-corrected chi connectivity index (χ2v) is 6.67. The third-order valence-corrected chi connectivity index (χ3v) is 4.93. The zero-order valence-electron chi connectivity index (χ0n) is 12.1. The van der Waals surface area contributed by atoms with Gasteiger partial charge in [-0.3, -0.25) is 9.78 Å². The average molecular weight is 368 g/mol. The van der Waals surface area contributed by atoms with Gasteiger partial charge >= 0.3 is 6.18 Å². The molecule has 124 valence electrons. The third kappa shape index (κ3) is 3.65. The highest BCUT2D eigenvalue weighted by Gasteiger charge is 2.32. The molecule has 0 aliphatic heterocycles. The summed E-state index contributed by atoms with van der Waals surface area (Å²) in [4.78, 5) is 16.7. The Morgan fingerprint density at radius 1 is 1.17 bits per heavy atom. The molecule has 0 aromatic carbocycles. The molecule has 3 aromatic heterocycles. The summed E-state index contributed by atoms with van der Waals surface area (Å²) in [5.41, 5.74) is -0.0119. The lowest BCUT2D eigenvalue weighted by Gasteiger charge is -2.16. The minimum atomic E-state index is -4.52. The molecule has 0 radical (unpaired) electrons. The predicted octanol–water partition coefficient (Wildman–Crippen LogP) is 4.74. The molecule has 3 rings (SSSR count). The van der Waals surface area contributed by atoms with Crippen LogP contribution in [0.5, 0.6) is 0 Å². The molecule has 1 atom stereocenters. The van der Waals surface area contributed by atoms with E-state index in [2.05, 4.69) is 10.3 Å². The van der Waals surface area contributed by atoms with E-state index in [-0.39, 0.29) is 11.6 Å². The van der Waals surface area contributed by atoms with E-state index < -0.39 is 17.8 Å². The van der Waals surface area contributed by atoms with Gasteiger partial charge in [0.05, 0.1) is 11.6 Å². The highest BCUT2D eigenvalue weighted by Crippen LogP contribution is 2.29. The van der Waals surface area contributed by atoms with Crippen molar-refractivity contribution in [1.29, 1.82) is 0 Å². The SMILES string of the molecule is O=C(NC(c1ccsc1)c1cccs1)c1ccc(C(F)(F)F)nc1. The van der Waals surface area contributed by atoms with Gasteiger partial charge in [0.2, 0.25) is 0 Å². The van der Waals surface area contributed by atoms with E-state index in [9.17, 15) is 18.0 Å². The number of halogens is 3. The summed E-state index contributed by atoms with van der Waals surface area (Å²) >= 11 is 3.01. The zero-order chi connectivity index (χ0) is 17.2. The molecule has 0 saturated heterocycles. The van der Waals surface area contributed by atoms with Crippen LogP contribution in [0.25, 0.3) is 0 Å². The second-order valence-electron chi connectivity index (χ2n) is 4.91. The molecule has 1 N–H and O–H groups in total. The van der Waals surface area contributed by atoms with E-state index in [1.165, 1.54) is 22.7 Å². The third-order valence-electron chi connectivity index (χ3n) is 3.30. The topological polar surface area (TPSA) is 42.0 Å². The van der Waals surface area contributed by atoms with Crippen LogP contribution in [-0.4, -0.2) is 10.9 Å². The van der Waals surface area contributed by atoms with Crippen molar-refractivity contribution in [3.63, 3.8) is 0 Å². The fourth-order valence-electron chi connectivity index (χ4n) is 2.12. The Morgan fingerprint density at radius 3 is 2.54 bits per heavy atom. The zero-order valence-corrected chi connectivity index (χ0v) is 13.7. The van der Waals surface area contributed by atoms with Crippen molar-refractivity contribution in [3.8, 4) is 0 Å². The first-order chi connectivity index (χ1) is 11.4. The van der Waals surface area contributed by atoms with Crippen molar-refractivity contribution < 1.29 is 18.0 Å². The molecule has 24 heavy (non-hydrogen) atoms. The summed E-state index contributed by atoms with van der Waals surface area (Å²) in [5.74, 6) is -0.471. The molecule has 0 aliphatic rings. The quantitative estimate of drug-likeness (QED) is 0.723. The van der Waals surface area contributed by atoms with Crippen LogP contribution in [0.4, 0.5) is 13.2 Å². The van der Waals surface area contributed by atoms with Gasteiger partial charge in [0.15, 0.2) is 0 Å². The number of nitrogens with zero attached hydrogens (tertiary/aromatic N) is 1. The molecule has 8 heteroatoms. The molecule has 1 unspecified atom stereocenters. The number of carbonyl (C=O) groups excluding carboxylic acids is 1. The number of rotatable bonds is 4. The van der Waals surface area contributed by atoms with Crippen molar-refractivity contribution in [3.05, 3.63) is 74.4 Å². The average Bonchev–Trinajstić information content (AvgIpc) is 3.25. The van der Waals surface area contributed by atoms with E-state index in [0.29, 0.717) is 0 Å². The van der Waals surface area contributed by atoms with Gasteiger partial charge in [-0.1, -0.05) is 6.07 Å². The molecule has 0 fully saturated rings. The number of hydrogen-bond donors (Lipinski definition) is 1. The standard InChI is InChI=1S/C16H11F3N2OS2/c17-16(18,19)13-4-3-10(8-20-13)15(22)21-14(11-5-7-23-9-11)12-2-1-6-24-12/h1-9,14H,(H,21,22). The minimum absolute atomic E-state index is 0.0831. The molecule has 3 nitrogen and oxygen atoms in total. The molecular formula is C16H11F3N2OS2. The highest BCUT2D eigenvalue weighted by molar-refractivity contribution is 7.10. The van der Waals surface area contributed by atoms with E-state index in [4.69, 9.17) is 0 Å². The van der Waals surface area contributed by atoms with Crippen LogP contribution >= 0.6 is 22.7 Å². The number of hydrogen-bond acceptors (Lipinski definition) is 4. The first-order valence-corrected chi connectivity index (χ1v) is 8.67. The van der Waals surface area contributed by atoms with E-state index in [0.717, 1.165) is 28.8 Å². The van der Waals surface area contributed by atoms with Crippen LogP contribution in [0.3, 0.4) is 0 Å². The van der Waals surface area contributed by atoms with Gasteiger partial charge in [0.25, 0.3) is 5.91 Å². The Balaban J connectivity index is 1.81. The molecular weight excluding hydrogens is 357 g/mol. The van der Waals surface area contributed by atoms with Crippen LogP contribution in [0, 0.1) is 0 Å². The lowest BCUT2D eigenvalue weighted by molar-refractivity contribution is -0.141. The van der Waals surface area contributed by atoms with Crippen LogP contribution in [-0.2, 0) is 6.18 Å². The van der Waals surface area contributed by atoms with Gasteiger partial charge in [-0.2, -0.15) is 24.5 Å². The molecule has 0 aliphatic carbocycles. The number of pyridine rings is 1. The van der Waals surface area contributed by atoms with Crippen molar-refractivity contribution >= 4 is 28.6 Å². The van der Waals surface area contributed by atoms with Gasteiger partial charge in [-0.15, -0.1) is 11.3 Å². The maximum absolute atomic E-state index is 12.5. The monoisotopic (exact) mass is 368 g/mol. The van der Waals surface area contributed by atoms with Crippen molar-refractivity contribution in [1.82, 2.24) is 10.3 Å². The summed E-state index contributed by atoms with van der Waals surface area (Å²) < 4.78 is 37.6. The Labute approximate surface area is 143 Å². The molecule has 3 heterocycles. The Bertz CT molecular complexity index is 763. The number of amides is 1. The Hall–Kier alpha value is -2.19. The summed E-state index contributed by atoms with van der Waals surface area (Å²) in [6, 6.07) is 7.28. The van der Waals surface area contributed by atoms with Crippen LogP contribution in [0.15, 0.2) is 52.7 Å². The molecule has 3 aromatic rings. The molecule has 0 spiro atoms. The number of carbonyl (C=O) groups is 1. The van der Waals surface area contributed by atoms with Gasteiger partial charge in [-0.25, -0.2) is 0 Å². The first kappa shape index (κ1) is 16.7. The van der Waals surface area contributed by atoms with Crippen LogP contribution < -0.4 is 5.32 Å². The fourth-order valence-corrected chi connectivity index (χ4v) is 3.61. The van der Waals surface area contributed by atoms with Crippen LogP contribution in [0.2, 0.25) is 0 Å².